The van der Waals surface area contributed by atoms with Gasteiger partial charge in [-0.25, -0.2) is 4.98 Å². The van der Waals surface area contributed by atoms with Gasteiger partial charge in [0.15, 0.2) is 0 Å². The van der Waals surface area contributed by atoms with Crippen LogP contribution in [-0.2, 0) is 0 Å². The van der Waals surface area contributed by atoms with E-state index in [1.165, 1.54) is 0 Å². The number of carbonyl (C=O) groups is 1. The lowest BCUT2D eigenvalue weighted by Crippen LogP contribution is -2.49. The molecule has 1 saturated heterocycles. The minimum atomic E-state index is -0.467. The Bertz CT molecular complexity index is 375. The molecule has 0 spiro atoms. The van der Waals surface area contributed by atoms with Crippen LogP contribution in [-0.4, -0.2) is 35.7 Å². The third-order valence-corrected chi connectivity index (χ3v) is 2.57. The highest BCUT2D eigenvalue weighted by molar-refractivity contribution is 5.97. The van der Waals surface area contributed by atoms with Gasteiger partial charge in [0, 0.05) is 31.8 Å². The number of pyridine rings is 1. The maximum Gasteiger partial charge on any atom is 0.252 e. The SMILES string of the molecule is NC(=O)c1cccnc1N1CC(CO)C1. The predicted octanol–water partition coefficient (Wildman–Crippen LogP) is -0.391. The normalized spacial score (nSPS) is 16.2. The van der Waals surface area contributed by atoms with Gasteiger partial charge in [-0.2, -0.15) is 0 Å². The van der Waals surface area contributed by atoms with Gasteiger partial charge < -0.3 is 15.7 Å². The van der Waals surface area contributed by atoms with Crippen LogP contribution in [0.1, 0.15) is 10.4 Å². The first-order valence-electron chi connectivity index (χ1n) is 4.83. The Morgan fingerprint density at radius 2 is 2.40 bits per heavy atom. The van der Waals surface area contributed by atoms with Gasteiger partial charge in [-0.3, -0.25) is 4.79 Å². The van der Waals surface area contributed by atoms with Crippen LogP contribution >= 0.6 is 0 Å². The summed E-state index contributed by atoms with van der Waals surface area (Å²) in [5.41, 5.74) is 5.68. The second-order valence-electron chi connectivity index (χ2n) is 3.69. The Kier molecular flexibility index (Phi) is 2.55. The van der Waals surface area contributed by atoms with E-state index in [2.05, 4.69) is 4.98 Å². The largest absolute Gasteiger partial charge is 0.396 e. The molecular weight excluding hydrogens is 194 g/mol. The summed E-state index contributed by atoms with van der Waals surface area (Å²) in [7, 11) is 0. The number of primary amides is 1. The van der Waals surface area contributed by atoms with Crippen LogP contribution < -0.4 is 10.6 Å². The Balaban J connectivity index is 2.18. The molecule has 0 bridgehead atoms. The topological polar surface area (TPSA) is 79.5 Å². The van der Waals surface area contributed by atoms with Crippen molar-refractivity contribution in [3.05, 3.63) is 23.9 Å². The lowest BCUT2D eigenvalue weighted by atomic mass is 10.0. The zero-order valence-corrected chi connectivity index (χ0v) is 8.26. The van der Waals surface area contributed by atoms with Crippen molar-refractivity contribution in [2.75, 3.05) is 24.6 Å². The molecule has 1 aromatic rings. The Morgan fingerprint density at radius 3 is 3.00 bits per heavy atom. The van der Waals surface area contributed by atoms with Crippen LogP contribution in [0.25, 0.3) is 0 Å². The summed E-state index contributed by atoms with van der Waals surface area (Å²) in [5, 5.41) is 8.89. The first kappa shape index (κ1) is 9.92. The number of carbonyl (C=O) groups excluding carboxylic acids is 1. The van der Waals surface area contributed by atoms with Crippen LogP contribution in [0.15, 0.2) is 18.3 Å². The summed E-state index contributed by atoms with van der Waals surface area (Å²) in [6.07, 6.45) is 1.63. The Labute approximate surface area is 87.5 Å². The fourth-order valence-corrected chi connectivity index (χ4v) is 1.70. The van der Waals surface area contributed by atoms with Crippen molar-refractivity contribution >= 4 is 11.7 Å². The molecule has 0 saturated carbocycles. The molecule has 0 unspecified atom stereocenters. The van der Waals surface area contributed by atoms with E-state index in [0.29, 0.717) is 11.4 Å². The number of hydrogen-bond acceptors (Lipinski definition) is 4. The minimum Gasteiger partial charge on any atom is -0.396 e. The second kappa shape index (κ2) is 3.86. The number of aromatic nitrogens is 1. The van der Waals surface area contributed by atoms with Gasteiger partial charge >= 0.3 is 0 Å². The predicted molar refractivity (Wildman–Crippen MR) is 55.5 cm³/mol. The lowest BCUT2D eigenvalue weighted by Gasteiger charge is -2.39. The zero-order chi connectivity index (χ0) is 10.8. The van der Waals surface area contributed by atoms with Crippen LogP contribution in [0.5, 0.6) is 0 Å². The molecule has 5 heteroatoms. The van der Waals surface area contributed by atoms with E-state index in [9.17, 15) is 4.79 Å². The van der Waals surface area contributed by atoms with Gasteiger partial charge in [0.1, 0.15) is 5.82 Å². The summed E-state index contributed by atoms with van der Waals surface area (Å²) >= 11 is 0. The molecule has 2 rings (SSSR count). The molecule has 2 heterocycles. The molecule has 3 N–H and O–H groups in total. The highest BCUT2D eigenvalue weighted by Crippen LogP contribution is 2.25. The number of rotatable bonds is 3. The summed E-state index contributed by atoms with van der Waals surface area (Å²) in [6, 6.07) is 3.35. The van der Waals surface area contributed by atoms with Gasteiger partial charge in [0.05, 0.1) is 5.56 Å². The standard InChI is InChI=1S/C10H13N3O2/c11-9(15)8-2-1-3-12-10(8)13-4-7(5-13)6-14/h1-3,7,14H,4-6H2,(H2,11,15). The Hall–Kier alpha value is -1.62. The summed E-state index contributed by atoms with van der Waals surface area (Å²) in [6.45, 7) is 1.64. The summed E-state index contributed by atoms with van der Waals surface area (Å²) in [5.74, 6) is 0.438. The first-order valence-corrected chi connectivity index (χ1v) is 4.83. The number of aliphatic hydroxyl groups excluding tert-OH is 1. The number of amides is 1. The highest BCUT2D eigenvalue weighted by atomic mass is 16.3. The van der Waals surface area contributed by atoms with Crippen LogP contribution in [0.4, 0.5) is 5.82 Å². The molecule has 1 fully saturated rings. The van der Waals surface area contributed by atoms with Crippen molar-refractivity contribution < 1.29 is 9.90 Å². The number of anilines is 1. The van der Waals surface area contributed by atoms with Crippen LogP contribution in [0.3, 0.4) is 0 Å². The van der Waals surface area contributed by atoms with Gasteiger partial charge in [0.2, 0.25) is 0 Å². The molecule has 0 atom stereocenters. The summed E-state index contributed by atoms with van der Waals surface area (Å²) in [4.78, 5) is 17.2. The van der Waals surface area contributed by atoms with Gasteiger partial charge in [-0.05, 0) is 12.1 Å². The molecule has 1 aliphatic heterocycles. The smallest absolute Gasteiger partial charge is 0.252 e. The number of nitrogens with two attached hydrogens (primary N) is 1. The molecule has 15 heavy (non-hydrogen) atoms. The first-order chi connectivity index (χ1) is 7.22. The molecule has 0 aliphatic carbocycles. The van der Waals surface area contributed by atoms with Gasteiger partial charge in [-0.1, -0.05) is 0 Å². The highest BCUT2D eigenvalue weighted by Gasteiger charge is 2.29. The van der Waals surface area contributed by atoms with Crippen molar-refractivity contribution in [2.24, 2.45) is 11.7 Å². The molecule has 1 amide bonds. The van der Waals surface area contributed by atoms with Crippen LogP contribution in [0, 0.1) is 5.92 Å². The zero-order valence-electron chi connectivity index (χ0n) is 8.26. The number of hydrogen-bond donors (Lipinski definition) is 2. The third kappa shape index (κ3) is 1.78. The average Bonchev–Trinajstić information content (AvgIpc) is 2.16. The summed E-state index contributed by atoms with van der Waals surface area (Å²) < 4.78 is 0. The molecule has 5 nitrogen and oxygen atoms in total. The fraction of sp³-hybridized carbons (Fsp3) is 0.400. The second-order valence-corrected chi connectivity index (χ2v) is 3.69. The van der Waals surface area contributed by atoms with Crippen molar-refractivity contribution in [1.82, 2.24) is 4.98 Å². The van der Waals surface area contributed by atoms with Crippen molar-refractivity contribution in [3.63, 3.8) is 0 Å². The molecule has 80 valence electrons. The molecule has 0 aromatic carbocycles. The number of nitrogens with zero attached hydrogens (tertiary/aromatic N) is 2. The van der Waals surface area contributed by atoms with Crippen molar-refractivity contribution in [1.29, 1.82) is 0 Å². The molecular formula is C10H13N3O2. The average molecular weight is 207 g/mol. The Morgan fingerprint density at radius 1 is 1.67 bits per heavy atom. The van der Waals surface area contributed by atoms with E-state index < -0.39 is 5.91 Å². The molecule has 0 radical (unpaired) electrons. The monoisotopic (exact) mass is 207 g/mol. The maximum atomic E-state index is 11.1. The van der Waals surface area contributed by atoms with E-state index in [0.717, 1.165) is 13.1 Å². The fourth-order valence-electron chi connectivity index (χ4n) is 1.70. The number of aliphatic hydroxyl groups is 1. The molecule has 1 aromatic heterocycles. The van der Waals surface area contributed by atoms with Gasteiger partial charge in [0.25, 0.3) is 5.91 Å². The van der Waals surface area contributed by atoms with E-state index in [1.54, 1.807) is 18.3 Å². The quantitative estimate of drug-likeness (QED) is 0.707. The molecule has 1 aliphatic rings. The van der Waals surface area contributed by atoms with E-state index >= 15 is 0 Å². The van der Waals surface area contributed by atoms with E-state index in [4.69, 9.17) is 10.8 Å². The van der Waals surface area contributed by atoms with Crippen LogP contribution in [0.2, 0.25) is 0 Å². The van der Waals surface area contributed by atoms with E-state index in [1.807, 2.05) is 4.90 Å². The van der Waals surface area contributed by atoms with Crippen molar-refractivity contribution in [2.45, 2.75) is 0 Å². The van der Waals surface area contributed by atoms with Crippen molar-refractivity contribution in [3.8, 4) is 0 Å². The third-order valence-electron chi connectivity index (χ3n) is 2.57. The van der Waals surface area contributed by atoms with Gasteiger partial charge in [-0.15, -0.1) is 0 Å². The van der Waals surface area contributed by atoms with E-state index in [-0.39, 0.29) is 12.5 Å². The minimum absolute atomic E-state index is 0.176. The lowest BCUT2D eigenvalue weighted by molar-refractivity contribution is 0.1000. The maximum absolute atomic E-state index is 11.1.